The van der Waals surface area contributed by atoms with E-state index in [0.717, 1.165) is 11.1 Å². The van der Waals surface area contributed by atoms with Crippen molar-refractivity contribution in [2.75, 3.05) is 19.0 Å². The highest BCUT2D eigenvalue weighted by molar-refractivity contribution is 5.96. The normalized spacial score (nSPS) is 10.9. The van der Waals surface area contributed by atoms with Gasteiger partial charge in [-0.3, -0.25) is 14.6 Å². The fourth-order valence-electron chi connectivity index (χ4n) is 2.26. The number of hydrogen-bond acceptors (Lipinski definition) is 4. The summed E-state index contributed by atoms with van der Waals surface area (Å²) in [4.78, 5) is 27.7. The molecule has 0 unspecified atom stereocenters. The van der Waals surface area contributed by atoms with Crippen LogP contribution in [0.15, 0.2) is 54.9 Å². The van der Waals surface area contributed by atoms with E-state index in [-0.39, 0.29) is 24.8 Å². The highest BCUT2D eigenvalue weighted by atomic mass is 16.5. The van der Waals surface area contributed by atoms with Crippen LogP contribution in [0.1, 0.15) is 18.9 Å². The van der Waals surface area contributed by atoms with Crippen molar-refractivity contribution in [2.24, 2.45) is 0 Å². The molecule has 1 heterocycles. The van der Waals surface area contributed by atoms with Crippen LogP contribution in [-0.2, 0) is 9.59 Å². The summed E-state index contributed by atoms with van der Waals surface area (Å²) in [6, 6.07) is 11.0. The van der Waals surface area contributed by atoms with Crippen LogP contribution in [-0.4, -0.2) is 30.5 Å². The van der Waals surface area contributed by atoms with Gasteiger partial charge in [-0.2, -0.15) is 0 Å². The second-order valence-corrected chi connectivity index (χ2v) is 5.36. The van der Waals surface area contributed by atoms with Crippen LogP contribution in [0, 0.1) is 0 Å². The lowest BCUT2D eigenvalue weighted by Gasteiger charge is -2.09. The number of aromatic nitrogens is 1. The maximum absolute atomic E-state index is 12.0. The number of methoxy groups -OCH3 is 1. The van der Waals surface area contributed by atoms with Crippen LogP contribution in [0.3, 0.4) is 0 Å². The third-order valence-electron chi connectivity index (χ3n) is 3.48. The van der Waals surface area contributed by atoms with Gasteiger partial charge in [0.2, 0.25) is 11.8 Å². The first-order valence-electron chi connectivity index (χ1n) is 7.89. The number of allylic oxidation sites excluding steroid dienone is 1. The lowest BCUT2D eigenvalue weighted by Crippen LogP contribution is -2.26. The maximum atomic E-state index is 12.0. The number of nitrogens with zero attached hydrogens (tertiary/aromatic N) is 1. The Morgan fingerprint density at radius 1 is 1.20 bits per heavy atom. The summed E-state index contributed by atoms with van der Waals surface area (Å²) in [7, 11) is 1.59. The Morgan fingerprint density at radius 3 is 2.72 bits per heavy atom. The molecule has 0 bridgehead atoms. The molecule has 0 atom stereocenters. The molecule has 0 aliphatic carbocycles. The molecule has 2 N–H and O–H groups in total. The van der Waals surface area contributed by atoms with Gasteiger partial charge in [0, 0.05) is 30.8 Å². The molecule has 0 saturated heterocycles. The van der Waals surface area contributed by atoms with Crippen LogP contribution in [0.2, 0.25) is 0 Å². The predicted octanol–water partition coefficient (Wildman–Crippen LogP) is 2.64. The van der Waals surface area contributed by atoms with Crippen LogP contribution < -0.4 is 15.4 Å². The van der Waals surface area contributed by atoms with E-state index < -0.39 is 0 Å². The molecule has 0 spiro atoms. The van der Waals surface area contributed by atoms with E-state index in [2.05, 4.69) is 15.6 Å². The Kier molecular flexibility index (Phi) is 6.71. The summed E-state index contributed by atoms with van der Waals surface area (Å²) in [5.74, 6) is 0.274. The number of hydrogen-bond donors (Lipinski definition) is 2. The average molecular weight is 339 g/mol. The molecule has 1 aromatic heterocycles. The molecule has 6 heteroatoms. The summed E-state index contributed by atoms with van der Waals surface area (Å²) in [6.07, 6.45) is 4.88. The fraction of sp³-hybridized carbons (Fsp3) is 0.211. The van der Waals surface area contributed by atoms with Crippen LogP contribution >= 0.6 is 0 Å². The number of para-hydroxylation sites is 1. The molecule has 0 fully saturated rings. The molecule has 0 saturated carbocycles. The van der Waals surface area contributed by atoms with E-state index in [1.165, 1.54) is 6.08 Å². The van der Waals surface area contributed by atoms with Crippen LogP contribution in [0.4, 0.5) is 5.69 Å². The van der Waals surface area contributed by atoms with Gasteiger partial charge in [-0.25, -0.2) is 0 Å². The Bertz CT molecular complexity index is 758. The second kappa shape index (κ2) is 9.22. The highest BCUT2D eigenvalue weighted by Crippen LogP contribution is 2.24. The third-order valence-corrected chi connectivity index (χ3v) is 3.48. The molecule has 0 radical (unpaired) electrons. The second-order valence-electron chi connectivity index (χ2n) is 5.36. The van der Waals surface area contributed by atoms with Gasteiger partial charge in [0.15, 0.2) is 0 Å². The lowest BCUT2D eigenvalue weighted by molar-refractivity contribution is -0.117. The van der Waals surface area contributed by atoms with E-state index in [1.807, 2.05) is 31.2 Å². The number of ether oxygens (including phenoxy) is 1. The molecule has 25 heavy (non-hydrogen) atoms. The molecule has 1 aromatic carbocycles. The monoisotopic (exact) mass is 339 g/mol. The molecule has 2 amide bonds. The van der Waals surface area contributed by atoms with Crippen molar-refractivity contribution in [2.45, 2.75) is 13.3 Å². The Morgan fingerprint density at radius 2 is 2.00 bits per heavy atom. The van der Waals surface area contributed by atoms with Crippen molar-refractivity contribution < 1.29 is 14.3 Å². The van der Waals surface area contributed by atoms with Crippen molar-refractivity contribution in [3.8, 4) is 5.75 Å². The Hall–Kier alpha value is -3.15. The minimum atomic E-state index is -0.252. The van der Waals surface area contributed by atoms with Crippen LogP contribution in [0.5, 0.6) is 5.75 Å². The van der Waals surface area contributed by atoms with Crippen molar-refractivity contribution in [1.82, 2.24) is 10.3 Å². The number of amides is 2. The minimum absolute atomic E-state index is 0.182. The van der Waals surface area contributed by atoms with E-state index in [9.17, 15) is 9.59 Å². The van der Waals surface area contributed by atoms with Gasteiger partial charge in [-0.15, -0.1) is 0 Å². The number of anilines is 1. The summed E-state index contributed by atoms with van der Waals surface area (Å²) >= 11 is 0. The van der Waals surface area contributed by atoms with Gasteiger partial charge in [-0.05, 0) is 30.7 Å². The van der Waals surface area contributed by atoms with E-state index in [0.29, 0.717) is 11.4 Å². The van der Waals surface area contributed by atoms with Crippen molar-refractivity contribution in [1.29, 1.82) is 0 Å². The van der Waals surface area contributed by atoms with E-state index in [4.69, 9.17) is 4.74 Å². The van der Waals surface area contributed by atoms with E-state index in [1.54, 1.807) is 31.6 Å². The summed E-state index contributed by atoms with van der Waals surface area (Å²) in [5.41, 5.74) is 2.27. The SMILES string of the molecule is COc1ccccc1C(C)=CC(=O)NCCC(=O)Nc1cccnc1. The smallest absolute Gasteiger partial charge is 0.244 e. The van der Waals surface area contributed by atoms with Crippen molar-refractivity contribution in [3.63, 3.8) is 0 Å². The standard InChI is InChI=1S/C19H21N3O3/c1-14(16-7-3-4-8-17(16)25-2)12-19(24)21-11-9-18(23)22-15-6-5-10-20-13-15/h3-8,10,12-13H,9,11H2,1-2H3,(H,21,24)(H,22,23). The van der Waals surface area contributed by atoms with Gasteiger partial charge in [0.05, 0.1) is 19.0 Å². The fourth-order valence-corrected chi connectivity index (χ4v) is 2.26. The van der Waals surface area contributed by atoms with E-state index >= 15 is 0 Å². The number of nitrogens with one attached hydrogen (secondary N) is 2. The number of carbonyl (C=O) groups is 2. The van der Waals surface area contributed by atoms with Gasteiger partial charge >= 0.3 is 0 Å². The quantitative estimate of drug-likeness (QED) is 0.760. The molecule has 2 rings (SSSR count). The Balaban J connectivity index is 1.82. The summed E-state index contributed by atoms with van der Waals surface area (Å²) < 4.78 is 5.29. The molecule has 0 aliphatic rings. The summed E-state index contributed by atoms with van der Waals surface area (Å²) in [6.45, 7) is 2.09. The number of carbonyl (C=O) groups excluding carboxylic acids is 2. The predicted molar refractivity (Wildman–Crippen MR) is 97.1 cm³/mol. The number of pyridine rings is 1. The highest BCUT2D eigenvalue weighted by Gasteiger charge is 2.07. The number of rotatable bonds is 7. The lowest BCUT2D eigenvalue weighted by atomic mass is 10.1. The summed E-state index contributed by atoms with van der Waals surface area (Å²) in [5, 5.41) is 5.42. The molecule has 0 aliphatic heterocycles. The Labute approximate surface area is 146 Å². The molecule has 6 nitrogen and oxygen atoms in total. The first-order valence-corrected chi connectivity index (χ1v) is 7.89. The van der Waals surface area contributed by atoms with Gasteiger partial charge in [0.1, 0.15) is 5.75 Å². The molecular weight excluding hydrogens is 318 g/mol. The van der Waals surface area contributed by atoms with Gasteiger partial charge in [0.25, 0.3) is 0 Å². The molecule has 130 valence electrons. The largest absolute Gasteiger partial charge is 0.496 e. The van der Waals surface area contributed by atoms with Gasteiger partial charge in [-0.1, -0.05) is 18.2 Å². The molecular formula is C19H21N3O3. The number of benzene rings is 1. The van der Waals surface area contributed by atoms with Crippen molar-refractivity contribution >= 4 is 23.1 Å². The average Bonchev–Trinajstić information content (AvgIpc) is 2.62. The first-order chi connectivity index (χ1) is 12.1. The van der Waals surface area contributed by atoms with Crippen LogP contribution in [0.25, 0.3) is 5.57 Å². The van der Waals surface area contributed by atoms with Gasteiger partial charge < -0.3 is 15.4 Å². The zero-order chi connectivity index (χ0) is 18.1. The molecule has 2 aromatic rings. The van der Waals surface area contributed by atoms with Crippen molar-refractivity contribution in [3.05, 3.63) is 60.4 Å². The maximum Gasteiger partial charge on any atom is 0.244 e. The minimum Gasteiger partial charge on any atom is -0.496 e. The zero-order valence-electron chi connectivity index (χ0n) is 14.3. The third kappa shape index (κ3) is 5.76. The zero-order valence-corrected chi connectivity index (χ0v) is 14.3. The first kappa shape index (κ1) is 18.2. The topological polar surface area (TPSA) is 80.3 Å².